The summed E-state index contributed by atoms with van der Waals surface area (Å²) in [6, 6.07) is 3.82. The first-order chi connectivity index (χ1) is 10.1. The molecule has 0 unspecified atom stereocenters. The predicted molar refractivity (Wildman–Crippen MR) is 85.6 cm³/mol. The van der Waals surface area contributed by atoms with Gasteiger partial charge in [-0.3, -0.25) is 0 Å². The highest BCUT2D eigenvalue weighted by Crippen LogP contribution is 2.40. The molecule has 22 heavy (non-hydrogen) atoms. The fourth-order valence-electron chi connectivity index (χ4n) is 2.85. The summed E-state index contributed by atoms with van der Waals surface area (Å²) in [4.78, 5) is 0. The van der Waals surface area contributed by atoms with E-state index in [1.807, 2.05) is 26.0 Å². The van der Waals surface area contributed by atoms with E-state index in [9.17, 15) is 8.42 Å². The first kappa shape index (κ1) is 17.1. The zero-order valence-electron chi connectivity index (χ0n) is 14.0. The second-order valence-corrected chi connectivity index (χ2v) is 8.45. The lowest BCUT2D eigenvalue weighted by atomic mass is 9.79. The predicted octanol–water partition coefficient (Wildman–Crippen LogP) is 1.60. The van der Waals surface area contributed by atoms with Crippen molar-refractivity contribution >= 4 is 10.2 Å². The highest BCUT2D eigenvalue weighted by Gasteiger charge is 2.38. The van der Waals surface area contributed by atoms with Gasteiger partial charge in [-0.25, -0.2) is 0 Å². The molecule has 1 heterocycles. The van der Waals surface area contributed by atoms with Crippen molar-refractivity contribution in [3.05, 3.63) is 23.3 Å². The van der Waals surface area contributed by atoms with E-state index in [1.165, 1.54) is 8.61 Å². The van der Waals surface area contributed by atoms with Crippen molar-refractivity contribution in [2.24, 2.45) is 0 Å². The van der Waals surface area contributed by atoms with E-state index < -0.39 is 10.2 Å². The number of benzene rings is 1. The van der Waals surface area contributed by atoms with Gasteiger partial charge in [0.1, 0.15) is 0 Å². The Kier molecular flexibility index (Phi) is 4.43. The van der Waals surface area contributed by atoms with Crippen molar-refractivity contribution in [1.29, 1.82) is 0 Å². The summed E-state index contributed by atoms with van der Waals surface area (Å²) >= 11 is 0. The van der Waals surface area contributed by atoms with Crippen LogP contribution < -0.4 is 9.47 Å². The van der Waals surface area contributed by atoms with Crippen molar-refractivity contribution in [1.82, 2.24) is 8.61 Å². The summed E-state index contributed by atoms with van der Waals surface area (Å²) in [5.74, 6) is 1.28. The van der Waals surface area contributed by atoms with Crippen LogP contribution in [0.3, 0.4) is 0 Å². The van der Waals surface area contributed by atoms with Crippen molar-refractivity contribution in [2.75, 3.05) is 34.9 Å². The van der Waals surface area contributed by atoms with Gasteiger partial charge in [-0.15, -0.1) is 0 Å². The van der Waals surface area contributed by atoms with E-state index in [-0.39, 0.29) is 5.41 Å². The number of fused-ring (bicyclic) bond motifs is 1. The monoisotopic (exact) mass is 328 g/mol. The van der Waals surface area contributed by atoms with Crippen LogP contribution in [0.5, 0.6) is 11.5 Å². The fraction of sp³-hybridized carbons (Fsp3) is 0.600. The number of ether oxygens (including phenoxy) is 2. The molecule has 1 aliphatic rings. The largest absolute Gasteiger partial charge is 0.493 e. The van der Waals surface area contributed by atoms with Gasteiger partial charge < -0.3 is 9.47 Å². The molecule has 1 aliphatic heterocycles. The molecular formula is C15H24N2O4S. The summed E-state index contributed by atoms with van der Waals surface area (Å²) in [7, 11) is 2.82. The number of methoxy groups -OCH3 is 2. The highest BCUT2D eigenvalue weighted by molar-refractivity contribution is 7.86. The molecule has 0 saturated carbocycles. The van der Waals surface area contributed by atoms with Crippen LogP contribution in [0.2, 0.25) is 0 Å². The molecule has 0 atom stereocenters. The summed E-state index contributed by atoms with van der Waals surface area (Å²) in [5.41, 5.74) is 1.73. The molecule has 2 rings (SSSR count). The van der Waals surface area contributed by atoms with Gasteiger partial charge in [0.25, 0.3) is 10.2 Å². The Morgan fingerprint density at radius 3 is 2.18 bits per heavy atom. The molecule has 0 radical (unpaired) electrons. The average Bonchev–Trinajstić information content (AvgIpc) is 2.44. The van der Waals surface area contributed by atoms with Gasteiger partial charge in [0.05, 0.1) is 14.2 Å². The summed E-state index contributed by atoms with van der Waals surface area (Å²) < 4.78 is 38.4. The zero-order chi connectivity index (χ0) is 16.7. The smallest absolute Gasteiger partial charge is 0.281 e. The molecule has 6 nitrogen and oxygen atoms in total. The van der Waals surface area contributed by atoms with Crippen LogP contribution in [0.1, 0.15) is 25.0 Å². The number of hydrogen-bond donors (Lipinski definition) is 0. The Morgan fingerprint density at radius 2 is 1.68 bits per heavy atom. The van der Waals surface area contributed by atoms with Gasteiger partial charge in [-0.2, -0.15) is 17.0 Å². The number of nitrogens with zero attached hydrogens (tertiary/aromatic N) is 2. The highest BCUT2D eigenvalue weighted by atomic mass is 32.2. The molecule has 0 fully saturated rings. The molecule has 124 valence electrons. The molecule has 0 bridgehead atoms. The lowest BCUT2D eigenvalue weighted by molar-refractivity contribution is 0.281. The Morgan fingerprint density at radius 1 is 1.14 bits per heavy atom. The second-order valence-electron chi connectivity index (χ2n) is 6.31. The van der Waals surface area contributed by atoms with Gasteiger partial charge in [-0.1, -0.05) is 13.8 Å². The molecule has 0 spiro atoms. The van der Waals surface area contributed by atoms with E-state index in [0.717, 1.165) is 11.1 Å². The van der Waals surface area contributed by atoms with E-state index in [2.05, 4.69) is 0 Å². The Balaban J connectivity index is 2.54. The Labute approximate surface area is 132 Å². The minimum absolute atomic E-state index is 0.309. The lowest BCUT2D eigenvalue weighted by Gasteiger charge is -2.40. The Bertz CT molecular complexity index is 668. The lowest BCUT2D eigenvalue weighted by Crippen LogP contribution is -2.48. The molecule has 0 N–H and O–H groups in total. The van der Waals surface area contributed by atoms with Gasteiger partial charge in [0.2, 0.25) is 0 Å². The summed E-state index contributed by atoms with van der Waals surface area (Å²) in [5, 5.41) is 0. The summed E-state index contributed by atoms with van der Waals surface area (Å²) in [6.45, 7) is 4.83. The van der Waals surface area contributed by atoms with Crippen molar-refractivity contribution in [3.8, 4) is 11.5 Å². The van der Waals surface area contributed by atoms with Crippen molar-refractivity contribution < 1.29 is 17.9 Å². The third kappa shape index (κ3) is 2.80. The standard InChI is InChI=1S/C15H24N2O4S/c1-15(2)10-17(22(18,19)16(3)4)9-11-7-13(20-5)14(21-6)8-12(11)15/h7-8H,9-10H2,1-6H3. The van der Waals surface area contributed by atoms with Crippen LogP contribution >= 0.6 is 0 Å². The van der Waals surface area contributed by atoms with Crippen LogP contribution in [-0.4, -0.2) is 51.9 Å². The van der Waals surface area contributed by atoms with Crippen molar-refractivity contribution in [3.63, 3.8) is 0 Å². The maximum atomic E-state index is 12.5. The molecule has 0 aliphatic carbocycles. The van der Waals surface area contributed by atoms with Gasteiger partial charge in [0.15, 0.2) is 11.5 Å². The first-order valence-electron chi connectivity index (χ1n) is 7.06. The van der Waals surface area contributed by atoms with Crippen LogP contribution in [0.4, 0.5) is 0 Å². The maximum absolute atomic E-state index is 12.5. The van der Waals surface area contributed by atoms with E-state index in [1.54, 1.807) is 28.3 Å². The van der Waals surface area contributed by atoms with E-state index in [4.69, 9.17) is 9.47 Å². The molecule has 7 heteroatoms. The summed E-state index contributed by atoms with van der Waals surface area (Å²) in [6.07, 6.45) is 0. The fourth-order valence-corrected chi connectivity index (χ4v) is 4.10. The molecule has 0 amide bonds. The molecule has 0 saturated heterocycles. The van der Waals surface area contributed by atoms with Crippen LogP contribution in [0.25, 0.3) is 0 Å². The second kappa shape index (κ2) is 5.72. The normalized spacial score (nSPS) is 18.1. The maximum Gasteiger partial charge on any atom is 0.281 e. The first-order valence-corrected chi connectivity index (χ1v) is 8.46. The molecule has 1 aromatic rings. The van der Waals surface area contributed by atoms with E-state index >= 15 is 0 Å². The average molecular weight is 328 g/mol. The van der Waals surface area contributed by atoms with Crippen LogP contribution in [-0.2, 0) is 22.2 Å². The number of rotatable bonds is 4. The number of hydrogen-bond acceptors (Lipinski definition) is 4. The van der Waals surface area contributed by atoms with Crippen molar-refractivity contribution in [2.45, 2.75) is 25.8 Å². The minimum atomic E-state index is -3.45. The topological polar surface area (TPSA) is 59.1 Å². The third-order valence-corrected chi connectivity index (χ3v) is 5.88. The van der Waals surface area contributed by atoms with Crippen LogP contribution in [0, 0.1) is 0 Å². The quantitative estimate of drug-likeness (QED) is 0.842. The zero-order valence-corrected chi connectivity index (χ0v) is 14.8. The molecule has 0 aromatic heterocycles. The minimum Gasteiger partial charge on any atom is -0.493 e. The Hall–Kier alpha value is -1.31. The van der Waals surface area contributed by atoms with E-state index in [0.29, 0.717) is 24.6 Å². The van der Waals surface area contributed by atoms with Gasteiger partial charge >= 0.3 is 0 Å². The molecular weight excluding hydrogens is 304 g/mol. The van der Waals surface area contributed by atoms with Gasteiger partial charge in [-0.05, 0) is 23.3 Å². The molecule has 1 aromatic carbocycles. The van der Waals surface area contributed by atoms with Crippen LogP contribution in [0.15, 0.2) is 12.1 Å². The third-order valence-electron chi connectivity index (χ3n) is 4.04. The SMILES string of the molecule is COc1cc2c(cc1OC)C(C)(C)CN(S(=O)(=O)N(C)C)C2. The van der Waals surface area contributed by atoms with Gasteiger partial charge in [0, 0.05) is 32.6 Å².